The fourth-order valence-corrected chi connectivity index (χ4v) is 1.71. The summed E-state index contributed by atoms with van der Waals surface area (Å²) in [5, 5.41) is 2.90. The Morgan fingerprint density at radius 3 is 2.28 bits per heavy atom. The molecule has 3 nitrogen and oxygen atoms in total. The predicted octanol–water partition coefficient (Wildman–Crippen LogP) is 2.06. The van der Waals surface area contributed by atoms with E-state index in [4.69, 9.17) is 0 Å². The second-order valence-corrected chi connectivity index (χ2v) is 3.77. The molecule has 1 fully saturated rings. The number of alkyl halides is 3. The van der Waals surface area contributed by atoms with Crippen molar-refractivity contribution in [2.75, 3.05) is 24.5 Å². The number of anilines is 1. The number of amides is 1. The summed E-state index contributed by atoms with van der Waals surface area (Å²) in [6, 6.07) is 4.63. The van der Waals surface area contributed by atoms with Crippen LogP contribution in [0.25, 0.3) is 0 Å². The quantitative estimate of drug-likeness (QED) is 0.854. The van der Waals surface area contributed by atoms with Gasteiger partial charge in [0, 0.05) is 18.8 Å². The van der Waals surface area contributed by atoms with E-state index in [0.717, 1.165) is 12.1 Å². The molecular formula is C11H12ClF3N2O. The zero-order valence-corrected chi connectivity index (χ0v) is 10.1. The van der Waals surface area contributed by atoms with Crippen molar-refractivity contribution < 1.29 is 18.0 Å². The Morgan fingerprint density at radius 2 is 1.78 bits per heavy atom. The summed E-state index contributed by atoms with van der Waals surface area (Å²) in [5.41, 5.74) is -0.201. The Hall–Kier alpha value is -1.27. The van der Waals surface area contributed by atoms with E-state index in [0.29, 0.717) is 18.8 Å². The van der Waals surface area contributed by atoms with Crippen molar-refractivity contribution in [1.82, 2.24) is 5.32 Å². The second kappa shape index (κ2) is 5.58. The Labute approximate surface area is 108 Å². The Bertz CT molecular complexity index is 419. The summed E-state index contributed by atoms with van der Waals surface area (Å²) in [5.74, 6) is -0.129. The van der Waals surface area contributed by atoms with Gasteiger partial charge in [0.2, 0.25) is 5.91 Å². The van der Waals surface area contributed by atoms with Crippen LogP contribution in [0.1, 0.15) is 5.56 Å². The average Bonchev–Trinajstić information content (AvgIpc) is 2.29. The fraction of sp³-hybridized carbons (Fsp3) is 0.364. The monoisotopic (exact) mass is 280 g/mol. The van der Waals surface area contributed by atoms with Gasteiger partial charge >= 0.3 is 6.18 Å². The van der Waals surface area contributed by atoms with Gasteiger partial charge in [-0.2, -0.15) is 13.2 Å². The molecule has 0 unspecified atom stereocenters. The summed E-state index contributed by atoms with van der Waals surface area (Å²) in [7, 11) is 0. The van der Waals surface area contributed by atoms with E-state index < -0.39 is 11.7 Å². The SMILES string of the molecule is Cl.O=C1CNCCN1c1ccc(C(F)(F)F)cc1. The number of nitrogens with zero attached hydrogens (tertiary/aromatic N) is 1. The van der Waals surface area contributed by atoms with Gasteiger partial charge in [0.15, 0.2) is 0 Å². The highest BCUT2D eigenvalue weighted by Crippen LogP contribution is 2.30. The molecule has 0 aliphatic carbocycles. The molecule has 1 heterocycles. The number of benzene rings is 1. The van der Waals surface area contributed by atoms with Crippen LogP contribution < -0.4 is 10.2 Å². The van der Waals surface area contributed by atoms with Gasteiger partial charge in [-0.15, -0.1) is 12.4 Å². The van der Waals surface area contributed by atoms with Crippen LogP contribution in [0.3, 0.4) is 0 Å². The Balaban J connectivity index is 0.00000162. The molecule has 1 N–H and O–H groups in total. The third-order valence-electron chi connectivity index (χ3n) is 2.60. The van der Waals surface area contributed by atoms with Gasteiger partial charge in [0.25, 0.3) is 0 Å². The van der Waals surface area contributed by atoms with Crippen LogP contribution in [-0.4, -0.2) is 25.5 Å². The Morgan fingerprint density at radius 1 is 1.17 bits per heavy atom. The van der Waals surface area contributed by atoms with Gasteiger partial charge in [-0.25, -0.2) is 0 Å². The fourth-order valence-electron chi connectivity index (χ4n) is 1.71. The van der Waals surface area contributed by atoms with Crippen LogP contribution in [0.5, 0.6) is 0 Å². The lowest BCUT2D eigenvalue weighted by Gasteiger charge is -2.27. The van der Waals surface area contributed by atoms with Gasteiger partial charge in [-0.1, -0.05) is 0 Å². The van der Waals surface area contributed by atoms with Crippen molar-refractivity contribution in [2.45, 2.75) is 6.18 Å². The molecule has 1 aliphatic heterocycles. The van der Waals surface area contributed by atoms with Crippen molar-refractivity contribution in [3.05, 3.63) is 29.8 Å². The summed E-state index contributed by atoms with van der Waals surface area (Å²) < 4.78 is 37.0. The first-order valence-electron chi connectivity index (χ1n) is 5.17. The lowest BCUT2D eigenvalue weighted by atomic mass is 10.2. The molecule has 1 aromatic carbocycles. The first kappa shape index (κ1) is 14.8. The zero-order chi connectivity index (χ0) is 12.5. The van der Waals surface area contributed by atoms with Crippen molar-refractivity contribution in [2.24, 2.45) is 0 Å². The maximum absolute atomic E-state index is 12.3. The second-order valence-electron chi connectivity index (χ2n) is 3.77. The highest BCUT2D eigenvalue weighted by Gasteiger charge is 2.30. The minimum absolute atomic E-state index is 0. The molecule has 1 saturated heterocycles. The number of carbonyl (C=O) groups is 1. The van der Waals surface area contributed by atoms with Crippen molar-refractivity contribution >= 4 is 24.0 Å². The summed E-state index contributed by atoms with van der Waals surface area (Å²) >= 11 is 0. The van der Waals surface area contributed by atoms with Gasteiger partial charge in [-0.05, 0) is 24.3 Å². The predicted molar refractivity (Wildman–Crippen MR) is 63.9 cm³/mol. The van der Waals surface area contributed by atoms with E-state index >= 15 is 0 Å². The number of piperazine rings is 1. The molecule has 0 atom stereocenters. The highest BCUT2D eigenvalue weighted by molar-refractivity contribution is 5.95. The molecule has 0 radical (unpaired) electrons. The molecule has 18 heavy (non-hydrogen) atoms. The van der Waals surface area contributed by atoms with E-state index in [1.807, 2.05) is 0 Å². The van der Waals surface area contributed by atoms with Gasteiger partial charge < -0.3 is 10.2 Å². The molecule has 7 heteroatoms. The van der Waals surface area contributed by atoms with Crippen LogP contribution in [0, 0.1) is 0 Å². The van der Waals surface area contributed by atoms with E-state index in [1.54, 1.807) is 0 Å². The number of nitrogens with one attached hydrogen (secondary N) is 1. The molecule has 1 aromatic rings. The van der Waals surface area contributed by atoms with Crippen molar-refractivity contribution in [3.8, 4) is 0 Å². The topological polar surface area (TPSA) is 32.3 Å². The van der Waals surface area contributed by atoms with E-state index in [2.05, 4.69) is 5.32 Å². The molecule has 0 aromatic heterocycles. The molecule has 1 aliphatic rings. The highest BCUT2D eigenvalue weighted by atomic mass is 35.5. The number of hydrogen-bond donors (Lipinski definition) is 1. The van der Waals surface area contributed by atoms with Crippen LogP contribution in [0.2, 0.25) is 0 Å². The summed E-state index contributed by atoms with van der Waals surface area (Å²) in [6.07, 6.45) is -4.34. The van der Waals surface area contributed by atoms with Crippen LogP contribution in [0.4, 0.5) is 18.9 Å². The molecule has 0 saturated carbocycles. The molecular weight excluding hydrogens is 269 g/mol. The maximum atomic E-state index is 12.3. The smallest absolute Gasteiger partial charge is 0.310 e. The first-order valence-corrected chi connectivity index (χ1v) is 5.17. The molecule has 0 bridgehead atoms. The minimum atomic E-state index is -4.34. The zero-order valence-electron chi connectivity index (χ0n) is 9.33. The maximum Gasteiger partial charge on any atom is 0.416 e. The third-order valence-corrected chi connectivity index (χ3v) is 2.60. The first-order chi connectivity index (χ1) is 7.98. The summed E-state index contributed by atoms with van der Waals surface area (Å²) in [4.78, 5) is 13.0. The largest absolute Gasteiger partial charge is 0.416 e. The lowest BCUT2D eigenvalue weighted by molar-refractivity contribution is -0.137. The van der Waals surface area contributed by atoms with Crippen LogP contribution >= 0.6 is 12.4 Å². The Kier molecular flexibility index (Phi) is 4.59. The van der Waals surface area contributed by atoms with Gasteiger partial charge in [0.05, 0.1) is 12.1 Å². The molecule has 2 rings (SSSR count). The molecule has 1 amide bonds. The van der Waals surface area contributed by atoms with E-state index in [9.17, 15) is 18.0 Å². The summed E-state index contributed by atoms with van der Waals surface area (Å²) in [6.45, 7) is 1.35. The number of halogens is 4. The van der Waals surface area contributed by atoms with Crippen LogP contribution in [-0.2, 0) is 11.0 Å². The average molecular weight is 281 g/mol. The minimum Gasteiger partial charge on any atom is -0.310 e. The van der Waals surface area contributed by atoms with Gasteiger partial charge in [0.1, 0.15) is 0 Å². The van der Waals surface area contributed by atoms with E-state index in [1.165, 1.54) is 17.0 Å². The van der Waals surface area contributed by atoms with Crippen molar-refractivity contribution in [1.29, 1.82) is 0 Å². The van der Waals surface area contributed by atoms with Gasteiger partial charge in [-0.3, -0.25) is 4.79 Å². The van der Waals surface area contributed by atoms with Crippen LogP contribution in [0.15, 0.2) is 24.3 Å². The molecule has 0 spiro atoms. The third kappa shape index (κ3) is 3.14. The standard InChI is InChI=1S/C11H11F3N2O.ClH/c12-11(13,14)8-1-3-9(4-2-8)16-6-5-15-7-10(16)17;/h1-4,15H,5-7H2;1H. The van der Waals surface area contributed by atoms with E-state index in [-0.39, 0.29) is 24.9 Å². The van der Waals surface area contributed by atoms with Crippen molar-refractivity contribution in [3.63, 3.8) is 0 Å². The normalized spacial score (nSPS) is 16.4. The number of carbonyl (C=O) groups excluding carboxylic acids is 1. The lowest BCUT2D eigenvalue weighted by Crippen LogP contribution is -2.48. The molecule has 100 valence electrons. The number of rotatable bonds is 1. The number of hydrogen-bond acceptors (Lipinski definition) is 2.